The third kappa shape index (κ3) is 3.34. The van der Waals surface area contributed by atoms with Crippen LogP contribution in [-0.2, 0) is 6.61 Å². The summed E-state index contributed by atoms with van der Waals surface area (Å²) in [6.07, 6.45) is 0. The van der Waals surface area contributed by atoms with E-state index in [1.165, 1.54) is 6.07 Å². The van der Waals surface area contributed by atoms with E-state index in [4.69, 9.17) is 0 Å². The van der Waals surface area contributed by atoms with Crippen LogP contribution in [0.15, 0.2) is 66.7 Å². The predicted octanol–water partition coefficient (Wildman–Crippen LogP) is 4.37. The number of aromatic hydroxyl groups is 2. The van der Waals surface area contributed by atoms with Crippen molar-refractivity contribution in [2.24, 2.45) is 0 Å². The molecule has 24 heavy (non-hydrogen) atoms. The fraction of sp³-hybridized carbons (Fsp3) is 0.100. The van der Waals surface area contributed by atoms with Crippen molar-refractivity contribution in [3.05, 3.63) is 77.9 Å². The van der Waals surface area contributed by atoms with Crippen molar-refractivity contribution in [2.75, 3.05) is 4.90 Å². The Hall–Kier alpha value is -2.98. The number of aliphatic hydroxyl groups is 1. The lowest BCUT2D eigenvalue weighted by atomic mass is 10.1. The van der Waals surface area contributed by atoms with Gasteiger partial charge in [-0.1, -0.05) is 29.8 Å². The third-order valence-corrected chi connectivity index (χ3v) is 3.79. The number of benzene rings is 3. The Kier molecular flexibility index (Phi) is 4.40. The molecular formula is C20H19NO3. The predicted molar refractivity (Wildman–Crippen MR) is 95.1 cm³/mol. The van der Waals surface area contributed by atoms with Crippen LogP contribution in [0, 0.1) is 6.92 Å². The molecule has 4 nitrogen and oxygen atoms in total. The minimum Gasteiger partial charge on any atom is -0.508 e. The van der Waals surface area contributed by atoms with Gasteiger partial charge in [0, 0.05) is 29.6 Å². The molecule has 3 aromatic carbocycles. The summed E-state index contributed by atoms with van der Waals surface area (Å²) < 4.78 is 0. The lowest BCUT2D eigenvalue weighted by Crippen LogP contribution is -2.10. The van der Waals surface area contributed by atoms with Crippen molar-refractivity contribution in [3.8, 4) is 11.5 Å². The Morgan fingerprint density at radius 2 is 1.42 bits per heavy atom. The summed E-state index contributed by atoms with van der Waals surface area (Å²) >= 11 is 0. The molecule has 0 aliphatic carbocycles. The Balaban J connectivity index is 2.18. The standard InChI is InChI=1S/C20H19NO3/c1-14-5-7-16(8-6-14)21(17-4-2-3-15(9-17)13-22)18-10-19(23)12-20(24)11-18/h2-12,22-24H,13H2,1H3. The van der Waals surface area contributed by atoms with Crippen LogP contribution in [0.4, 0.5) is 17.1 Å². The molecule has 0 aromatic heterocycles. The molecule has 0 spiro atoms. The largest absolute Gasteiger partial charge is 0.508 e. The smallest absolute Gasteiger partial charge is 0.121 e. The van der Waals surface area contributed by atoms with Gasteiger partial charge in [0.05, 0.1) is 12.3 Å². The highest BCUT2D eigenvalue weighted by Crippen LogP contribution is 2.38. The molecule has 3 rings (SSSR count). The lowest BCUT2D eigenvalue weighted by molar-refractivity contribution is 0.282. The van der Waals surface area contributed by atoms with Crippen molar-refractivity contribution in [1.82, 2.24) is 0 Å². The second-order valence-electron chi connectivity index (χ2n) is 5.71. The quantitative estimate of drug-likeness (QED) is 0.668. The molecule has 4 heteroatoms. The van der Waals surface area contributed by atoms with Crippen molar-refractivity contribution in [1.29, 1.82) is 0 Å². The Labute approximate surface area is 140 Å². The number of anilines is 3. The van der Waals surface area contributed by atoms with Gasteiger partial charge in [-0.15, -0.1) is 0 Å². The van der Waals surface area contributed by atoms with E-state index >= 15 is 0 Å². The van der Waals surface area contributed by atoms with E-state index in [1.54, 1.807) is 12.1 Å². The average Bonchev–Trinajstić information content (AvgIpc) is 2.56. The zero-order valence-electron chi connectivity index (χ0n) is 13.3. The summed E-state index contributed by atoms with van der Waals surface area (Å²) in [5.74, 6) is -0.0270. The van der Waals surface area contributed by atoms with Crippen LogP contribution in [0.5, 0.6) is 11.5 Å². The van der Waals surface area contributed by atoms with Gasteiger partial charge in [0.1, 0.15) is 11.5 Å². The maximum atomic E-state index is 9.85. The fourth-order valence-corrected chi connectivity index (χ4v) is 2.64. The van der Waals surface area contributed by atoms with Crippen molar-refractivity contribution in [2.45, 2.75) is 13.5 Å². The van der Waals surface area contributed by atoms with Crippen LogP contribution in [0.3, 0.4) is 0 Å². The summed E-state index contributed by atoms with van der Waals surface area (Å²) in [6, 6.07) is 19.9. The number of hydrogen-bond acceptors (Lipinski definition) is 4. The maximum Gasteiger partial charge on any atom is 0.121 e. The van der Waals surface area contributed by atoms with Crippen LogP contribution < -0.4 is 4.90 Å². The molecule has 0 aliphatic rings. The monoisotopic (exact) mass is 321 g/mol. The van der Waals surface area contributed by atoms with E-state index in [0.29, 0.717) is 5.69 Å². The van der Waals surface area contributed by atoms with E-state index in [9.17, 15) is 15.3 Å². The summed E-state index contributed by atoms with van der Waals surface area (Å²) in [4.78, 5) is 1.91. The topological polar surface area (TPSA) is 63.9 Å². The fourth-order valence-electron chi connectivity index (χ4n) is 2.64. The second-order valence-corrected chi connectivity index (χ2v) is 5.71. The van der Waals surface area contributed by atoms with Crippen LogP contribution >= 0.6 is 0 Å². The van der Waals surface area contributed by atoms with Gasteiger partial charge in [-0.3, -0.25) is 0 Å². The molecule has 0 fully saturated rings. The van der Waals surface area contributed by atoms with E-state index in [1.807, 2.05) is 60.4 Å². The van der Waals surface area contributed by atoms with Gasteiger partial charge >= 0.3 is 0 Å². The van der Waals surface area contributed by atoms with E-state index < -0.39 is 0 Å². The SMILES string of the molecule is Cc1ccc(N(c2cc(O)cc(O)c2)c2cccc(CO)c2)cc1. The van der Waals surface area contributed by atoms with E-state index in [2.05, 4.69) is 0 Å². The minimum absolute atomic E-state index is 0.0135. The van der Waals surface area contributed by atoms with Crippen molar-refractivity contribution < 1.29 is 15.3 Å². The number of nitrogens with zero attached hydrogens (tertiary/aromatic N) is 1. The molecule has 0 saturated carbocycles. The van der Waals surface area contributed by atoms with Gasteiger partial charge in [-0.2, -0.15) is 0 Å². The van der Waals surface area contributed by atoms with Crippen LogP contribution in [0.1, 0.15) is 11.1 Å². The lowest BCUT2D eigenvalue weighted by Gasteiger charge is -2.26. The molecule has 122 valence electrons. The second kappa shape index (κ2) is 6.64. The normalized spacial score (nSPS) is 10.6. The zero-order valence-corrected chi connectivity index (χ0v) is 13.3. The van der Waals surface area contributed by atoms with E-state index in [0.717, 1.165) is 22.5 Å². The highest BCUT2D eigenvalue weighted by Gasteiger charge is 2.14. The molecule has 0 aliphatic heterocycles. The first kappa shape index (κ1) is 15.9. The molecule has 0 radical (unpaired) electrons. The van der Waals surface area contributed by atoms with Gasteiger partial charge in [-0.25, -0.2) is 0 Å². The first-order chi connectivity index (χ1) is 11.6. The van der Waals surface area contributed by atoms with Gasteiger partial charge in [0.2, 0.25) is 0 Å². The van der Waals surface area contributed by atoms with E-state index in [-0.39, 0.29) is 18.1 Å². The summed E-state index contributed by atoms with van der Waals surface area (Å²) in [7, 11) is 0. The highest BCUT2D eigenvalue weighted by atomic mass is 16.3. The molecule has 0 atom stereocenters. The van der Waals surface area contributed by atoms with Crippen molar-refractivity contribution in [3.63, 3.8) is 0 Å². The average molecular weight is 321 g/mol. The number of phenolic OH excluding ortho intramolecular Hbond substituents is 2. The summed E-state index contributed by atoms with van der Waals surface area (Å²) in [5.41, 5.74) is 4.28. The number of aliphatic hydroxyl groups excluding tert-OH is 1. The van der Waals surface area contributed by atoms with Crippen LogP contribution in [-0.4, -0.2) is 15.3 Å². The Morgan fingerprint density at radius 1 is 0.750 bits per heavy atom. The zero-order chi connectivity index (χ0) is 17.1. The van der Waals surface area contributed by atoms with Gasteiger partial charge in [-0.05, 0) is 36.8 Å². The third-order valence-electron chi connectivity index (χ3n) is 3.79. The molecule has 0 amide bonds. The Bertz CT molecular complexity index is 824. The molecular weight excluding hydrogens is 302 g/mol. The van der Waals surface area contributed by atoms with Crippen LogP contribution in [0.25, 0.3) is 0 Å². The maximum absolute atomic E-state index is 9.85. The summed E-state index contributed by atoms with van der Waals surface area (Å²) in [6.45, 7) is 1.96. The number of rotatable bonds is 4. The number of hydrogen-bond donors (Lipinski definition) is 3. The molecule has 0 heterocycles. The molecule has 0 saturated heterocycles. The first-order valence-corrected chi connectivity index (χ1v) is 7.66. The summed E-state index contributed by atoms with van der Waals surface area (Å²) in [5, 5.41) is 29.1. The highest BCUT2D eigenvalue weighted by molar-refractivity contribution is 5.78. The minimum atomic E-state index is -0.0547. The number of aryl methyl sites for hydroxylation is 1. The van der Waals surface area contributed by atoms with Gasteiger partial charge in [0.15, 0.2) is 0 Å². The van der Waals surface area contributed by atoms with Crippen LogP contribution in [0.2, 0.25) is 0 Å². The number of phenols is 2. The first-order valence-electron chi connectivity index (χ1n) is 7.66. The molecule has 3 N–H and O–H groups in total. The molecule has 0 unspecified atom stereocenters. The van der Waals surface area contributed by atoms with Gasteiger partial charge < -0.3 is 20.2 Å². The molecule has 3 aromatic rings. The Morgan fingerprint density at radius 3 is 2.04 bits per heavy atom. The van der Waals surface area contributed by atoms with Gasteiger partial charge in [0.25, 0.3) is 0 Å². The molecule has 0 bridgehead atoms. The van der Waals surface area contributed by atoms with Crippen molar-refractivity contribution >= 4 is 17.1 Å².